The van der Waals surface area contributed by atoms with Crippen LogP contribution in [0.15, 0.2) is 18.2 Å². The number of halogens is 1. The number of nitrogen functional groups attached to an aromatic ring is 1. The first kappa shape index (κ1) is 15.8. The Balaban J connectivity index is 1.83. The van der Waals surface area contributed by atoms with Crippen LogP contribution in [0.25, 0.3) is 0 Å². The Morgan fingerprint density at radius 2 is 2.05 bits per heavy atom. The molecule has 1 aromatic rings. The molecule has 0 atom stereocenters. The molecular weight excluding hydrogens is 267 g/mol. The van der Waals surface area contributed by atoms with Crippen LogP contribution < -0.4 is 11.1 Å². The van der Waals surface area contributed by atoms with E-state index in [0.717, 1.165) is 31.6 Å². The van der Waals surface area contributed by atoms with E-state index in [1.54, 1.807) is 6.07 Å². The van der Waals surface area contributed by atoms with Gasteiger partial charge in [-0.25, -0.2) is 4.39 Å². The van der Waals surface area contributed by atoms with E-state index in [2.05, 4.69) is 12.2 Å². The molecule has 0 saturated heterocycles. The van der Waals surface area contributed by atoms with Crippen molar-refractivity contribution in [2.75, 3.05) is 11.1 Å². The summed E-state index contributed by atoms with van der Waals surface area (Å²) < 4.78 is 13.1. The zero-order chi connectivity index (χ0) is 15.2. The van der Waals surface area contributed by atoms with Crippen molar-refractivity contribution in [3.63, 3.8) is 0 Å². The summed E-state index contributed by atoms with van der Waals surface area (Å²) in [6.07, 6.45) is 8.02. The lowest BCUT2D eigenvalue weighted by atomic mass is 9.79. The zero-order valence-electron chi connectivity index (χ0n) is 12.7. The Bertz CT molecular complexity index is 482. The van der Waals surface area contributed by atoms with Crippen molar-refractivity contribution in [3.8, 4) is 0 Å². The summed E-state index contributed by atoms with van der Waals surface area (Å²) in [5.74, 6) is 0.448. The molecule has 3 nitrogen and oxygen atoms in total. The van der Waals surface area contributed by atoms with Gasteiger partial charge < -0.3 is 11.1 Å². The number of anilines is 2. The lowest BCUT2D eigenvalue weighted by Gasteiger charge is -2.27. The zero-order valence-corrected chi connectivity index (χ0v) is 12.7. The lowest BCUT2D eigenvalue weighted by Crippen LogP contribution is -2.27. The standard InChI is InChI=1S/C17H25FN2O/c1-2-3-4-12-5-7-13(8-6-12)17(21)20-14-9-10-15(18)16(19)11-14/h9-13H,2-8,19H2,1H3,(H,20,21). The summed E-state index contributed by atoms with van der Waals surface area (Å²) in [5, 5.41) is 2.85. The Kier molecular flexibility index (Phi) is 5.59. The number of carbonyl (C=O) groups excluding carboxylic acids is 1. The van der Waals surface area contributed by atoms with Crippen molar-refractivity contribution in [3.05, 3.63) is 24.0 Å². The van der Waals surface area contributed by atoms with Gasteiger partial charge in [-0.05, 0) is 49.8 Å². The minimum Gasteiger partial charge on any atom is -0.396 e. The third-order valence-electron chi connectivity index (χ3n) is 4.45. The quantitative estimate of drug-likeness (QED) is 0.793. The van der Waals surface area contributed by atoms with Gasteiger partial charge in [0, 0.05) is 11.6 Å². The monoisotopic (exact) mass is 292 g/mol. The molecule has 1 saturated carbocycles. The van der Waals surface area contributed by atoms with Crippen molar-refractivity contribution in [2.24, 2.45) is 11.8 Å². The molecule has 0 heterocycles. The molecule has 1 amide bonds. The highest BCUT2D eigenvalue weighted by Crippen LogP contribution is 2.32. The molecule has 0 spiro atoms. The fraction of sp³-hybridized carbons (Fsp3) is 0.588. The predicted molar refractivity (Wildman–Crippen MR) is 84.4 cm³/mol. The third kappa shape index (κ3) is 4.45. The number of nitrogens with two attached hydrogens (primary N) is 1. The number of benzene rings is 1. The van der Waals surface area contributed by atoms with E-state index in [1.165, 1.54) is 31.4 Å². The first-order chi connectivity index (χ1) is 10.1. The summed E-state index contributed by atoms with van der Waals surface area (Å²) in [6, 6.07) is 4.31. The van der Waals surface area contributed by atoms with Gasteiger partial charge in [0.2, 0.25) is 5.91 Å². The van der Waals surface area contributed by atoms with Crippen molar-refractivity contribution in [1.82, 2.24) is 0 Å². The lowest BCUT2D eigenvalue weighted by molar-refractivity contribution is -0.121. The smallest absolute Gasteiger partial charge is 0.227 e. The van der Waals surface area contributed by atoms with Gasteiger partial charge in [-0.2, -0.15) is 0 Å². The van der Waals surface area contributed by atoms with Gasteiger partial charge in [0.25, 0.3) is 0 Å². The van der Waals surface area contributed by atoms with Crippen LogP contribution in [0.5, 0.6) is 0 Å². The minimum atomic E-state index is -0.454. The van der Waals surface area contributed by atoms with E-state index in [4.69, 9.17) is 5.73 Å². The van der Waals surface area contributed by atoms with E-state index >= 15 is 0 Å². The molecule has 1 aliphatic carbocycles. The minimum absolute atomic E-state index is 0.0370. The first-order valence-corrected chi connectivity index (χ1v) is 7.96. The van der Waals surface area contributed by atoms with Crippen molar-refractivity contribution in [1.29, 1.82) is 0 Å². The molecule has 116 valence electrons. The summed E-state index contributed by atoms with van der Waals surface area (Å²) in [6.45, 7) is 2.22. The largest absolute Gasteiger partial charge is 0.396 e. The van der Waals surface area contributed by atoms with E-state index in [0.29, 0.717) is 5.69 Å². The van der Waals surface area contributed by atoms with Gasteiger partial charge >= 0.3 is 0 Å². The van der Waals surface area contributed by atoms with Crippen LogP contribution in [0.1, 0.15) is 51.9 Å². The van der Waals surface area contributed by atoms with Gasteiger partial charge in [0.05, 0.1) is 5.69 Å². The predicted octanol–water partition coefficient (Wildman–Crippen LogP) is 4.34. The van der Waals surface area contributed by atoms with Crippen LogP contribution >= 0.6 is 0 Å². The fourth-order valence-electron chi connectivity index (χ4n) is 3.07. The SMILES string of the molecule is CCCCC1CCC(C(=O)Nc2ccc(F)c(N)c2)CC1. The summed E-state index contributed by atoms with van der Waals surface area (Å²) in [4.78, 5) is 12.2. The molecule has 1 aliphatic rings. The van der Waals surface area contributed by atoms with Crippen LogP contribution in [-0.2, 0) is 4.79 Å². The van der Waals surface area contributed by atoms with E-state index < -0.39 is 5.82 Å². The average Bonchev–Trinajstić information content (AvgIpc) is 2.49. The number of rotatable bonds is 5. The highest BCUT2D eigenvalue weighted by molar-refractivity contribution is 5.93. The van der Waals surface area contributed by atoms with E-state index in [-0.39, 0.29) is 17.5 Å². The molecule has 0 radical (unpaired) electrons. The van der Waals surface area contributed by atoms with Gasteiger partial charge in [0.1, 0.15) is 5.82 Å². The molecule has 0 unspecified atom stereocenters. The molecule has 1 fully saturated rings. The third-order valence-corrected chi connectivity index (χ3v) is 4.45. The van der Waals surface area contributed by atoms with Gasteiger partial charge in [-0.1, -0.05) is 26.2 Å². The van der Waals surface area contributed by atoms with Crippen molar-refractivity contribution >= 4 is 17.3 Å². The van der Waals surface area contributed by atoms with Gasteiger partial charge in [-0.15, -0.1) is 0 Å². The number of hydrogen-bond donors (Lipinski definition) is 2. The molecule has 4 heteroatoms. The second-order valence-electron chi connectivity index (χ2n) is 6.09. The second-order valence-corrected chi connectivity index (χ2v) is 6.09. The maximum absolute atomic E-state index is 13.1. The van der Waals surface area contributed by atoms with Crippen LogP contribution in [0.3, 0.4) is 0 Å². The van der Waals surface area contributed by atoms with Crippen LogP contribution in [0, 0.1) is 17.7 Å². The van der Waals surface area contributed by atoms with Crippen LogP contribution in [0.4, 0.5) is 15.8 Å². The molecule has 0 bridgehead atoms. The van der Waals surface area contributed by atoms with Crippen LogP contribution in [0.2, 0.25) is 0 Å². The maximum Gasteiger partial charge on any atom is 0.227 e. The molecule has 21 heavy (non-hydrogen) atoms. The Hall–Kier alpha value is -1.58. The summed E-state index contributed by atoms with van der Waals surface area (Å²) in [5.41, 5.74) is 6.15. The molecule has 0 aromatic heterocycles. The average molecular weight is 292 g/mol. The number of nitrogens with one attached hydrogen (secondary N) is 1. The number of carbonyl (C=O) groups is 1. The molecule has 0 aliphatic heterocycles. The second kappa shape index (κ2) is 7.43. The Morgan fingerprint density at radius 1 is 1.33 bits per heavy atom. The van der Waals surface area contributed by atoms with Gasteiger partial charge in [0.15, 0.2) is 0 Å². The van der Waals surface area contributed by atoms with Crippen molar-refractivity contribution < 1.29 is 9.18 Å². The molecule has 2 rings (SSSR count). The number of hydrogen-bond acceptors (Lipinski definition) is 2. The first-order valence-electron chi connectivity index (χ1n) is 7.96. The highest BCUT2D eigenvalue weighted by atomic mass is 19.1. The Morgan fingerprint density at radius 3 is 2.67 bits per heavy atom. The highest BCUT2D eigenvalue weighted by Gasteiger charge is 2.26. The van der Waals surface area contributed by atoms with E-state index in [9.17, 15) is 9.18 Å². The summed E-state index contributed by atoms with van der Waals surface area (Å²) in [7, 11) is 0. The van der Waals surface area contributed by atoms with Gasteiger partial charge in [-0.3, -0.25) is 4.79 Å². The summed E-state index contributed by atoms with van der Waals surface area (Å²) >= 11 is 0. The molecule has 3 N–H and O–H groups in total. The number of unbranched alkanes of at least 4 members (excludes halogenated alkanes) is 1. The normalized spacial score (nSPS) is 22.0. The fourth-order valence-corrected chi connectivity index (χ4v) is 3.07. The van der Waals surface area contributed by atoms with Crippen LogP contribution in [-0.4, -0.2) is 5.91 Å². The molecule has 1 aromatic carbocycles. The number of amides is 1. The Labute approximate surface area is 126 Å². The van der Waals surface area contributed by atoms with Crippen molar-refractivity contribution in [2.45, 2.75) is 51.9 Å². The topological polar surface area (TPSA) is 55.1 Å². The van der Waals surface area contributed by atoms with E-state index in [1.807, 2.05) is 0 Å². The molecular formula is C17H25FN2O. The maximum atomic E-state index is 13.1.